The van der Waals surface area contributed by atoms with Gasteiger partial charge in [0.15, 0.2) is 5.78 Å². The van der Waals surface area contributed by atoms with Crippen molar-refractivity contribution in [3.8, 4) is 0 Å². The third-order valence-electron chi connectivity index (χ3n) is 3.74. The average Bonchev–Trinajstić information content (AvgIpc) is 2.92. The van der Waals surface area contributed by atoms with Gasteiger partial charge in [0.05, 0.1) is 23.6 Å². The Kier molecular flexibility index (Phi) is 5.12. The van der Waals surface area contributed by atoms with Crippen LogP contribution in [0.15, 0.2) is 18.5 Å². The highest BCUT2D eigenvalue weighted by Gasteiger charge is 2.42. The molecule has 23 heavy (non-hydrogen) atoms. The second-order valence-electron chi connectivity index (χ2n) is 5.41. The Morgan fingerprint density at radius 3 is 2.70 bits per heavy atom. The van der Waals surface area contributed by atoms with Gasteiger partial charge in [-0.05, 0) is 13.0 Å². The molecule has 0 aliphatic carbocycles. The summed E-state index contributed by atoms with van der Waals surface area (Å²) >= 11 is 0. The van der Waals surface area contributed by atoms with Crippen molar-refractivity contribution in [2.24, 2.45) is 0 Å². The van der Waals surface area contributed by atoms with Gasteiger partial charge < -0.3 is 10.1 Å². The van der Waals surface area contributed by atoms with Gasteiger partial charge in [-0.1, -0.05) is 0 Å². The van der Waals surface area contributed by atoms with E-state index in [-0.39, 0.29) is 30.4 Å². The van der Waals surface area contributed by atoms with E-state index in [4.69, 9.17) is 4.74 Å². The van der Waals surface area contributed by atoms with E-state index in [9.17, 15) is 18.0 Å². The number of hydrogen-bond donors (Lipinski definition) is 1. The van der Waals surface area contributed by atoms with Gasteiger partial charge in [-0.15, -0.1) is 0 Å². The lowest BCUT2D eigenvalue weighted by Gasteiger charge is -2.21. The summed E-state index contributed by atoms with van der Waals surface area (Å²) in [7, 11) is -2.07. The standard InChI is InChI=1S/C14H19N3O5S/c1-9(18)11-7-15-5-4-12(11)16-14(19)13-6-10(22-2)8-17(13)23(3,20)21/h4-5,7,10,13H,6,8H2,1-3H3,(H,15,16,19)/t10-,13+/m0/s1. The number of carbonyl (C=O) groups excluding carboxylic acids is 2. The fourth-order valence-electron chi connectivity index (χ4n) is 2.54. The summed E-state index contributed by atoms with van der Waals surface area (Å²) in [6.45, 7) is 1.50. The average molecular weight is 341 g/mol. The molecule has 1 aromatic heterocycles. The zero-order valence-electron chi connectivity index (χ0n) is 13.1. The molecule has 1 aliphatic heterocycles. The molecule has 1 aliphatic rings. The van der Waals surface area contributed by atoms with Crippen molar-refractivity contribution in [1.82, 2.24) is 9.29 Å². The summed E-state index contributed by atoms with van der Waals surface area (Å²) in [4.78, 5) is 27.9. The number of methoxy groups -OCH3 is 1. The van der Waals surface area contributed by atoms with E-state index in [0.717, 1.165) is 10.6 Å². The molecule has 1 N–H and O–H groups in total. The Bertz CT molecular complexity index is 719. The molecule has 2 atom stereocenters. The Hall–Kier alpha value is -1.84. The largest absolute Gasteiger partial charge is 0.380 e. The summed E-state index contributed by atoms with van der Waals surface area (Å²) in [6, 6.07) is 0.630. The van der Waals surface area contributed by atoms with Crippen LogP contribution in [-0.4, -0.2) is 61.5 Å². The summed E-state index contributed by atoms with van der Waals surface area (Å²) < 4.78 is 30.0. The van der Waals surface area contributed by atoms with Gasteiger partial charge in [0.2, 0.25) is 15.9 Å². The summed E-state index contributed by atoms with van der Waals surface area (Å²) in [5, 5.41) is 2.62. The second-order valence-corrected chi connectivity index (χ2v) is 7.34. The molecule has 1 saturated heterocycles. The molecule has 2 rings (SSSR count). The maximum Gasteiger partial charge on any atom is 0.242 e. The van der Waals surface area contributed by atoms with E-state index in [2.05, 4.69) is 10.3 Å². The minimum Gasteiger partial charge on any atom is -0.380 e. The van der Waals surface area contributed by atoms with Crippen LogP contribution in [-0.2, 0) is 19.6 Å². The van der Waals surface area contributed by atoms with Gasteiger partial charge in [0, 0.05) is 32.5 Å². The number of nitrogens with one attached hydrogen (secondary N) is 1. The molecule has 1 fully saturated rings. The summed E-state index contributed by atoms with van der Waals surface area (Å²) in [5.41, 5.74) is 0.583. The second kappa shape index (κ2) is 6.73. The number of ketones is 1. The van der Waals surface area contributed by atoms with Gasteiger partial charge in [0.25, 0.3) is 0 Å². The topological polar surface area (TPSA) is 106 Å². The Morgan fingerprint density at radius 2 is 2.13 bits per heavy atom. The molecule has 0 aromatic carbocycles. The van der Waals surface area contributed by atoms with Crippen molar-refractivity contribution in [1.29, 1.82) is 0 Å². The first-order chi connectivity index (χ1) is 10.7. The first-order valence-electron chi connectivity index (χ1n) is 6.99. The molecule has 0 saturated carbocycles. The Morgan fingerprint density at radius 1 is 1.43 bits per heavy atom. The number of sulfonamides is 1. The van der Waals surface area contributed by atoms with Crippen LogP contribution in [0.3, 0.4) is 0 Å². The lowest BCUT2D eigenvalue weighted by Crippen LogP contribution is -2.42. The zero-order chi connectivity index (χ0) is 17.2. The van der Waals surface area contributed by atoms with Crippen LogP contribution >= 0.6 is 0 Å². The van der Waals surface area contributed by atoms with Crippen LogP contribution in [0.4, 0.5) is 5.69 Å². The molecule has 8 nitrogen and oxygen atoms in total. The van der Waals surface area contributed by atoms with Crippen molar-refractivity contribution in [2.75, 3.05) is 25.2 Å². The van der Waals surface area contributed by atoms with Crippen LogP contribution in [0.5, 0.6) is 0 Å². The molecular formula is C14H19N3O5S. The number of rotatable bonds is 5. The maximum atomic E-state index is 12.5. The van der Waals surface area contributed by atoms with E-state index >= 15 is 0 Å². The van der Waals surface area contributed by atoms with Crippen molar-refractivity contribution in [2.45, 2.75) is 25.5 Å². The molecule has 0 unspecified atom stereocenters. The van der Waals surface area contributed by atoms with Crippen LogP contribution in [0.2, 0.25) is 0 Å². The molecule has 0 radical (unpaired) electrons. The molecule has 9 heteroatoms. The van der Waals surface area contributed by atoms with Crippen LogP contribution in [0, 0.1) is 0 Å². The van der Waals surface area contributed by atoms with Crippen molar-refractivity contribution < 1.29 is 22.7 Å². The molecule has 0 spiro atoms. The van der Waals surface area contributed by atoms with Crippen LogP contribution in [0.25, 0.3) is 0 Å². The molecule has 1 aromatic rings. The van der Waals surface area contributed by atoms with E-state index < -0.39 is 22.0 Å². The number of aromatic nitrogens is 1. The number of anilines is 1. The molecule has 0 bridgehead atoms. The highest BCUT2D eigenvalue weighted by atomic mass is 32.2. The lowest BCUT2D eigenvalue weighted by molar-refractivity contribution is -0.119. The number of hydrogen-bond acceptors (Lipinski definition) is 6. The predicted octanol–water partition coefficient (Wildman–Crippen LogP) is 0.272. The minimum absolute atomic E-state index is 0.128. The van der Waals surface area contributed by atoms with E-state index in [1.165, 1.54) is 32.5 Å². The molecule has 1 amide bonds. The Balaban J connectivity index is 2.24. The number of nitrogens with zero attached hydrogens (tertiary/aromatic N) is 2. The van der Waals surface area contributed by atoms with Crippen LogP contribution in [0.1, 0.15) is 23.7 Å². The predicted molar refractivity (Wildman–Crippen MR) is 83.6 cm³/mol. The molecule has 2 heterocycles. The number of carbonyl (C=O) groups is 2. The number of pyridine rings is 1. The highest BCUT2D eigenvalue weighted by Crippen LogP contribution is 2.24. The lowest BCUT2D eigenvalue weighted by atomic mass is 10.1. The van der Waals surface area contributed by atoms with E-state index in [1.54, 1.807) is 0 Å². The third kappa shape index (κ3) is 3.92. The van der Waals surface area contributed by atoms with Gasteiger partial charge >= 0.3 is 0 Å². The van der Waals surface area contributed by atoms with Gasteiger partial charge in [-0.2, -0.15) is 4.31 Å². The first kappa shape index (κ1) is 17.5. The maximum absolute atomic E-state index is 12.5. The molecular weight excluding hydrogens is 322 g/mol. The molecule has 126 valence electrons. The SMILES string of the molecule is CO[C@H]1C[C@H](C(=O)Nc2ccncc2C(C)=O)N(S(C)(=O)=O)C1. The van der Waals surface area contributed by atoms with Gasteiger partial charge in [-0.25, -0.2) is 8.42 Å². The van der Waals surface area contributed by atoms with Crippen LogP contribution < -0.4 is 5.32 Å². The normalized spacial score (nSPS) is 22.0. The monoisotopic (exact) mass is 341 g/mol. The Labute approximate surface area is 134 Å². The van der Waals surface area contributed by atoms with Crippen molar-refractivity contribution in [3.05, 3.63) is 24.0 Å². The summed E-state index contributed by atoms with van der Waals surface area (Å²) in [6.07, 6.45) is 3.78. The third-order valence-corrected chi connectivity index (χ3v) is 4.99. The first-order valence-corrected chi connectivity index (χ1v) is 8.84. The number of ether oxygens (including phenoxy) is 1. The summed E-state index contributed by atoms with van der Waals surface area (Å²) in [5.74, 6) is -0.738. The highest BCUT2D eigenvalue weighted by molar-refractivity contribution is 7.88. The minimum atomic E-state index is -3.55. The van der Waals surface area contributed by atoms with E-state index in [0.29, 0.717) is 5.69 Å². The van der Waals surface area contributed by atoms with E-state index in [1.807, 2.05) is 0 Å². The van der Waals surface area contributed by atoms with Crippen molar-refractivity contribution in [3.63, 3.8) is 0 Å². The van der Waals surface area contributed by atoms with Crippen molar-refractivity contribution >= 4 is 27.4 Å². The van der Waals surface area contributed by atoms with Gasteiger partial charge in [0.1, 0.15) is 6.04 Å². The fraction of sp³-hybridized carbons (Fsp3) is 0.500. The zero-order valence-corrected chi connectivity index (χ0v) is 14.0. The number of amides is 1. The number of Topliss-reactive ketones (excluding diaryl/α,β-unsaturated/α-hetero) is 1. The smallest absolute Gasteiger partial charge is 0.242 e. The van der Waals surface area contributed by atoms with Gasteiger partial charge in [-0.3, -0.25) is 14.6 Å². The fourth-order valence-corrected chi connectivity index (χ4v) is 3.63. The quantitative estimate of drug-likeness (QED) is 0.771.